The number of amidine groups is 1. The molecule has 138 valence electrons. The first kappa shape index (κ1) is 18.8. The van der Waals surface area contributed by atoms with Crippen LogP contribution in [0, 0.1) is 0 Å². The number of halogens is 3. The summed E-state index contributed by atoms with van der Waals surface area (Å²) < 4.78 is 0. The molecule has 4 rings (SSSR count). The number of benzene rings is 3. The Bertz CT molecular complexity index is 1110. The summed E-state index contributed by atoms with van der Waals surface area (Å²) in [5.41, 5.74) is 2.47. The lowest BCUT2D eigenvalue weighted by Gasteiger charge is -2.18. The van der Waals surface area contributed by atoms with Crippen LogP contribution in [0.4, 0.5) is 5.69 Å². The molecule has 28 heavy (non-hydrogen) atoms. The number of rotatable bonds is 3. The Labute approximate surface area is 177 Å². The lowest BCUT2D eigenvalue weighted by molar-refractivity contribution is -0.113. The zero-order valence-corrected chi connectivity index (χ0v) is 16.7. The summed E-state index contributed by atoms with van der Waals surface area (Å²) in [6, 6.07) is 21.7. The van der Waals surface area contributed by atoms with Crippen LogP contribution in [0.25, 0.3) is 6.08 Å². The van der Waals surface area contributed by atoms with Gasteiger partial charge in [0.1, 0.15) is 11.5 Å². The maximum atomic E-state index is 13.2. The number of carbonyl (C=O) groups is 1. The lowest BCUT2D eigenvalue weighted by Crippen LogP contribution is -2.32. The van der Waals surface area contributed by atoms with Crippen molar-refractivity contribution < 1.29 is 4.79 Å². The molecule has 1 aliphatic heterocycles. The first-order valence-corrected chi connectivity index (χ1v) is 9.57. The fraction of sp³-hybridized carbons (Fsp3) is 0. The summed E-state index contributed by atoms with van der Waals surface area (Å²) in [5, 5.41) is 1.60. The summed E-state index contributed by atoms with van der Waals surface area (Å²) in [5.74, 6) is 0.298. The second-order valence-electron chi connectivity index (χ2n) is 6.11. The number of anilines is 1. The molecule has 0 aromatic heterocycles. The predicted molar refractivity (Wildman–Crippen MR) is 116 cm³/mol. The van der Waals surface area contributed by atoms with Crippen molar-refractivity contribution in [3.05, 3.63) is 105 Å². The Morgan fingerprint density at radius 3 is 2.18 bits per heavy atom. The topological polar surface area (TPSA) is 32.7 Å². The number of hydrogen-bond donors (Lipinski definition) is 0. The molecule has 6 heteroatoms. The molecule has 3 aromatic carbocycles. The van der Waals surface area contributed by atoms with Crippen molar-refractivity contribution in [3.63, 3.8) is 0 Å². The van der Waals surface area contributed by atoms with Gasteiger partial charge >= 0.3 is 0 Å². The third-order valence-electron chi connectivity index (χ3n) is 4.23. The minimum absolute atomic E-state index is 0.234. The summed E-state index contributed by atoms with van der Waals surface area (Å²) in [6.45, 7) is 0. The van der Waals surface area contributed by atoms with Crippen LogP contribution in [0.3, 0.4) is 0 Å². The highest BCUT2D eigenvalue weighted by atomic mass is 35.5. The van der Waals surface area contributed by atoms with Gasteiger partial charge in [-0.05, 0) is 60.2 Å². The van der Waals surface area contributed by atoms with Gasteiger partial charge in [0.05, 0.1) is 5.69 Å². The first-order valence-electron chi connectivity index (χ1n) is 8.44. The fourth-order valence-electron chi connectivity index (χ4n) is 2.89. The van der Waals surface area contributed by atoms with Crippen LogP contribution in [0.2, 0.25) is 15.1 Å². The van der Waals surface area contributed by atoms with Gasteiger partial charge in [-0.1, -0.05) is 59.1 Å². The number of para-hydroxylation sites is 1. The van der Waals surface area contributed by atoms with E-state index in [2.05, 4.69) is 4.99 Å². The minimum Gasteiger partial charge on any atom is -0.266 e. The largest absolute Gasteiger partial charge is 0.282 e. The van der Waals surface area contributed by atoms with Crippen LogP contribution in [0.1, 0.15) is 11.1 Å². The van der Waals surface area contributed by atoms with E-state index in [4.69, 9.17) is 34.8 Å². The monoisotopic (exact) mass is 426 g/mol. The molecule has 0 bridgehead atoms. The van der Waals surface area contributed by atoms with Crippen LogP contribution in [0.5, 0.6) is 0 Å². The molecule has 0 fully saturated rings. The van der Waals surface area contributed by atoms with Gasteiger partial charge in [-0.15, -0.1) is 0 Å². The van der Waals surface area contributed by atoms with Crippen molar-refractivity contribution in [1.82, 2.24) is 0 Å². The molecule has 0 unspecified atom stereocenters. The highest BCUT2D eigenvalue weighted by molar-refractivity contribution is 6.36. The summed E-state index contributed by atoms with van der Waals surface area (Å²) >= 11 is 18.2. The van der Waals surface area contributed by atoms with Gasteiger partial charge in [-0.3, -0.25) is 9.69 Å². The van der Waals surface area contributed by atoms with Gasteiger partial charge in [0, 0.05) is 20.6 Å². The normalized spacial score (nSPS) is 15.2. The van der Waals surface area contributed by atoms with Crippen LogP contribution in [-0.4, -0.2) is 11.7 Å². The Morgan fingerprint density at radius 2 is 1.50 bits per heavy atom. The number of nitrogens with zero attached hydrogens (tertiary/aromatic N) is 2. The van der Waals surface area contributed by atoms with Crippen molar-refractivity contribution in [1.29, 1.82) is 0 Å². The standard InChI is InChI=1S/C22H13Cl3N2O/c23-16-9-6-14(7-10-16)21-26-20(12-15-8-11-17(24)13-19(15)25)22(28)27(21)18-4-2-1-3-5-18/h1-13H/b20-12+. The van der Waals surface area contributed by atoms with E-state index in [1.807, 2.05) is 42.5 Å². The Morgan fingerprint density at radius 1 is 0.821 bits per heavy atom. The second-order valence-corrected chi connectivity index (χ2v) is 7.39. The molecule has 1 amide bonds. The minimum atomic E-state index is -0.234. The van der Waals surface area contributed by atoms with E-state index in [1.54, 1.807) is 41.3 Å². The highest BCUT2D eigenvalue weighted by Gasteiger charge is 2.32. The molecular weight excluding hydrogens is 415 g/mol. The molecule has 0 saturated heterocycles. The van der Waals surface area contributed by atoms with Gasteiger partial charge in [-0.2, -0.15) is 0 Å². The maximum Gasteiger partial charge on any atom is 0.282 e. The zero-order valence-electron chi connectivity index (χ0n) is 14.4. The molecule has 0 aliphatic carbocycles. The molecule has 3 aromatic rings. The molecule has 0 atom stereocenters. The van der Waals surface area contributed by atoms with E-state index in [0.29, 0.717) is 26.5 Å². The Kier molecular flexibility index (Phi) is 5.23. The molecule has 0 N–H and O–H groups in total. The van der Waals surface area contributed by atoms with Gasteiger partial charge < -0.3 is 0 Å². The van der Waals surface area contributed by atoms with Gasteiger partial charge in [0.25, 0.3) is 5.91 Å². The Balaban J connectivity index is 1.83. The molecular formula is C22H13Cl3N2O. The van der Waals surface area contributed by atoms with Gasteiger partial charge in [0.2, 0.25) is 0 Å². The molecule has 1 heterocycles. The van der Waals surface area contributed by atoms with Crippen LogP contribution in [-0.2, 0) is 4.79 Å². The third kappa shape index (κ3) is 3.69. The van der Waals surface area contributed by atoms with Gasteiger partial charge in [-0.25, -0.2) is 4.99 Å². The maximum absolute atomic E-state index is 13.2. The second kappa shape index (κ2) is 7.80. The summed E-state index contributed by atoms with van der Waals surface area (Å²) in [6.07, 6.45) is 1.67. The number of hydrogen-bond acceptors (Lipinski definition) is 2. The summed E-state index contributed by atoms with van der Waals surface area (Å²) in [7, 11) is 0. The van der Waals surface area contributed by atoms with Crippen molar-refractivity contribution in [2.24, 2.45) is 4.99 Å². The van der Waals surface area contributed by atoms with Crippen molar-refractivity contribution >= 4 is 58.3 Å². The van der Waals surface area contributed by atoms with E-state index < -0.39 is 0 Å². The number of carbonyl (C=O) groups excluding carboxylic acids is 1. The average molecular weight is 428 g/mol. The average Bonchev–Trinajstić information content (AvgIpc) is 3.01. The number of aliphatic imine (C=N–C) groups is 1. The van der Waals surface area contributed by atoms with Crippen LogP contribution in [0.15, 0.2) is 83.5 Å². The molecule has 1 aliphatic rings. The SMILES string of the molecule is O=C1/C(=C\c2ccc(Cl)cc2Cl)N=C(c2ccc(Cl)cc2)N1c1ccccc1. The third-order valence-corrected chi connectivity index (χ3v) is 5.05. The van der Waals surface area contributed by atoms with Crippen molar-refractivity contribution in [2.45, 2.75) is 0 Å². The van der Waals surface area contributed by atoms with E-state index in [1.165, 1.54) is 0 Å². The smallest absolute Gasteiger partial charge is 0.266 e. The van der Waals surface area contributed by atoms with E-state index in [0.717, 1.165) is 11.3 Å². The van der Waals surface area contributed by atoms with Gasteiger partial charge in [0.15, 0.2) is 0 Å². The molecule has 0 saturated carbocycles. The van der Waals surface area contributed by atoms with Crippen LogP contribution < -0.4 is 4.90 Å². The number of amides is 1. The van der Waals surface area contributed by atoms with E-state index in [-0.39, 0.29) is 11.6 Å². The predicted octanol–water partition coefficient (Wildman–Crippen LogP) is 6.48. The highest BCUT2D eigenvalue weighted by Crippen LogP contribution is 2.30. The van der Waals surface area contributed by atoms with E-state index >= 15 is 0 Å². The quantitative estimate of drug-likeness (QED) is 0.440. The van der Waals surface area contributed by atoms with Crippen molar-refractivity contribution in [2.75, 3.05) is 4.90 Å². The first-order chi connectivity index (χ1) is 13.5. The van der Waals surface area contributed by atoms with E-state index in [9.17, 15) is 4.79 Å². The Hall–Kier alpha value is -2.59. The molecule has 0 spiro atoms. The fourth-order valence-corrected chi connectivity index (χ4v) is 3.48. The lowest BCUT2D eigenvalue weighted by atomic mass is 10.1. The zero-order chi connectivity index (χ0) is 19.7. The summed E-state index contributed by atoms with van der Waals surface area (Å²) in [4.78, 5) is 19.4. The van der Waals surface area contributed by atoms with Crippen molar-refractivity contribution in [3.8, 4) is 0 Å². The van der Waals surface area contributed by atoms with Crippen LogP contribution >= 0.6 is 34.8 Å². The molecule has 3 nitrogen and oxygen atoms in total. The molecule has 0 radical (unpaired) electrons.